The van der Waals surface area contributed by atoms with Gasteiger partial charge >= 0.3 is 12.0 Å². The molecule has 8 nitrogen and oxygen atoms in total. The van der Waals surface area contributed by atoms with Crippen LogP contribution in [0.4, 0.5) is 4.79 Å². The van der Waals surface area contributed by atoms with E-state index in [1.54, 1.807) is 11.8 Å². The van der Waals surface area contributed by atoms with Crippen molar-refractivity contribution in [2.45, 2.75) is 13.0 Å². The highest BCUT2D eigenvalue weighted by molar-refractivity contribution is 5.94. The third kappa shape index (κ3) is 4.30. The number of esters is 1. The highest BCUT2D eigenvalue weighted by Gasteiger charge is 2.31. The van der Waals surface area contributed by atoms with E-state index in [-0.39, 0.29) is 19.1 Å². The Hall–Kier alpha value is -1.67. The number of imide groups is 1. The van der Waals surface area contributed by atoms with Gasteiger partial charge in [0.15, 0.2) is 0 Å². The summed E-state index contributed by atoms with van der Waals surface area (Å²) in [5.41, 5.74) is 4.85. The smallest absolute Gasteiger partial charge is 0.324 e. The van der Waals surface area contributed by atoms with Gasteiger partial charge in [0.2, 0.25) is 5.91 Å². The molecular weight excluding hydrogens is 240 g/mol. The van der Waals surface area contributed by atoms with E-state index >= 15 is 0 Å². The Labute approximate surface area is 105 Å². The molecule has 0 aromatic heterocycles. The molecule has 0 spiro atoms. The Morgan fingerprint density at radius 3 is 2.83 bits per heavy atom. The first-order valence-electron chi connectivity index (χ1n) is 5.75. The second-order valence-corrected chi connectivity index (χ2v) is 3.85. The summed E-state index contributed by atoms with van der Waals surface area (Å²) in [6.45, 7) is 3.56. The quantitative estimate of drug-likeness (QED) is 0.503. The molecule has 0 radical (unpaired) electrons. The number of nitrogens with one attached hydrogen (secondary N) is 2. The van der Waals surface area contributed by atoms with Gasteiger partial charge in [-0.2, -0.15) is 0 Å². The zero-order valence-corrected chi connectivity index (χ0v) is 10.3. The number of hydrogen-bond acceptors (Lipinski definition) is 6. The van der Waals surface area contributed by atoms with Crippen LogP contribution in [0.2, 0.25) is 0 Å². The Balaban J connectivity index is 2.56. The topological polar surface area (TPSA) is 114 Å². The van der Waals surface area contributed by atoms with Crippen molar-refractivity contribution in [2.75, 3.05) is 32.8 Å². The Kier molecular flexibility index (Phi) is 5.53. The third-order valence-corrected chi connectivity index (χ3v) is 2.52. The van der Waals surface area contributed by atoms with Crippen LogP contribution >= 0.6 is 0 Å². The summed E-state index contributed by atoms with van der Waals surface area (Å²) < 4.78 is 4.93. The fourth-order valence-corrected chi connectivity index (χ4v) is 1.77. The summed E-state index contributed by atoms with van der Waals surface area (Å²) in [6.07, 6.45) is 0. The molecule has 0 bridgehead atoms. The molecule has 18 heavy (non-hydrogen) atoms. The zero-order valence-electron chi connectivity index (χ0n) is 10.3. The molecule has 1 fully saturated rings. The van der Waals surface area contributed by atoms with Crippen molar-refractivity contribution in [1.82, 2.24) is 15.5 Å². The van der Waals surface area contributed by atoms with Crippen LogP contribution in [0.5, 0.6) is 0 Å². The molecule has 1 aliphatic heterocycles. The number of amides is 3. The first-order valence-corrected chi connectivity index (χ1v) is 5.75. The lowest BCUT2D eigenvalue weighted by Crippen LogP contribution is -2.58. The van der Waals surface area contributed by atoms with Crippen LogP contribution in [0.1, 0.15) is 6.92 Å². The SMILES string of the molecule is CCOC(=O)C1CNCCN1CC(=O)NC(N)=O. The molecule has 1 atom stereocenters. The van der Waals surface area contributed by atoms with Gasteiger partial charge in [0, 0.05) is 19.6 Å². The van der Waals surface area contributed by atoms with Crippen LogP contribution in [0.25, 0.3) is 0 Å². The fourth-order valence-electron chi connectivity index (χ4n) is 1.77. The van der Waals surface area contributed by atoms with Crippen molar-refractivity contribution in [2.24, 2.45) is 5.73 Å². The lowest BCUT2D eigenvalue weighted by atomic mass is 10.2. The third-order valence-electron chi connectivity index (χ3n) is 2.52. The molecule has 102 valence electrons. The van der Waals surface area contributed by atoms with Gasteiger partial charge in [-0.1, -0.05) is 0 Å². The number of ether oxygens (including phenoxy) is 1. The lowest BCUT2D eigenvalue weighted by Gasteiger charge is -2.33. The molecule has 1 heterocycles. The molecule has 8 heteroatoms. The number of carbonyl (C=O) groups excluding carboxylic acids is 3. The van der Waals surface area contributed by atoms with Crippen LogP contribution < -0.4 is 16.4 Å². The number of piperazine rings is 1. The molecular formula is C10H18N4O4. The second-order valence-electron chi connectivity index (χ2n) is 3.85. The summed E-state index contributed by atoms with van der Waals surface area (Å²) >= 11 is 0. The van der Waals surface area contributed by atoms with Crippen LogP contribution in [0.15, 0.2) is 0 Å². The predicted octanol–water partition coefficient (Wildman–Crippen LogP) is -1.98. The number of carbonyl (C=O) groups is 3. The van der Waals surface area contributed by atoms with Crippen LogP contribution in [0.3, 0.4) is 0 Å². The number of primary amides is 1. The van der Waals surface area contributed by atoms with Crippen molar-refractivity contribution in [3.8, 4) is 0 Å². The molecule has 0 aliphatic carbocycles. The summed E-state index contributed by atoms with van der Waals surface area (Å²) in [7, 11) is 0. The van der Waals surface area contributed by atoms with Crippen molar-refractivity contribution in [3.63, 3.8) is 0 Å². The minimum Gasteiger partial charge on any atom is -0.465 e. The highest BCUT2D eigenvalue weighted by Crippen LogP contribution is 2.05. The largest absolute Gasteiger partial charge is 0.465 e. The second kappa shape index (κ2) is 6.92. The number of rotatable bonds is 4. The van der Waals surface area contributed by atoms with Crippen LogP contribution in [0, 0.1) is 0 Å². The molecule has 3 amide bonds. The molecule has 0 aromatic rings. The van der Waals surface area contributed by atoms with Crippen molar-refractivity contribution >= 4 is 17.9 Å². The first-order chi connectivity index (χ1) is 8.54. The molecule has 1 rings (SSSR count). The van der Waals surface area contributed by atoms with Crippen molar-refractivity contribution < 1.29 is 19.1 Å². The average Bonchev–Trinajstić information content (AvgIpc) is 2.28. The van der Waals surface area contributed by atoms with E-state index in [0.29, 0.717) is 19.6 Å². The number of nitrogens with zero attached hydrogens (tertiary/aromatic N) is 1. The van der Waals surface area contributed by atoms with E-state index in [9.17, 15) is 14.4 Å². The van der Waals surface area contributed by atoms with Gasteiger partial charge in [0.1, 0.15) is 6.04 Å². The number of urea groups is 1. The van der Waals surface area contributed by atoms with Crippen molar-refractivity contribution in [3.05, 3.63) is 0 Å². The molecule has 1 unspecified atom stereocenters. The van der Waals surface area contributed by atoms with Crippen LogP contribution in [-0.2, 0) is 14.3 Å². The number of nitrogens with two attached hydrogens (primary N) is 1. The van der Waals surface area contributed by atoms with E-state index < -0.39 is 18.0 Å². The first kappa shape index (κ1) is 14.4. The Bertz CT molecular complexity index is 334. The standard InChI is InChI=1S/C10H18N4O4/c1-2-18-9(16)7-5-12-3-4-14(7)6-8(15)13-10(11)17/h7,12H,2-6H2,1H3,(H3,11,13,15,17). The number of hydrogen-bond donors (Lipinski definition) is 3. The van der Waals surface area contributed by atoms with Crippen molar-refractivity contribution in [1.29, 1.82) is 0 Å². The fraction of sp³-hybridized carbons (Fsp3) is 0.700. The molecule has 0 aromatic carbocycles. The summed E-state index contributed by atoms with van der Waals surface area (Å²) in [6, 6.07) is -1.42. The monoisotopic (exact) mass is 258 g/mol. The maximum atomic E-state index is 11.7. The predicted molar refractivity (Wildman–Crippen MR) is 62.6 cm³/mol. The Morgan fingerprint density at radius 2 is 2.22 bits per heavy atom. The van der Waals surface area contributed by atoms with Crippen LogP contribution in [-0.4, -0.2) is 61.6 Å². The van der Waals surface area contributed by atoms with Gasteiger partial charge in [-0.05, 0) is 6.92 Å². The molecule has 0 saturated carbocycles. The molecule has 4 N–H and O–H groups in total. The minimum atomic E-state index is -0.900. The summed E-state index contributed by atoms with van der Waals surface area (Å²) in [5.74, 6) is -0.907. The summed E-state index contributed by atoms with van der Waals surface area (Å²) in [5, 5.41) is 5.02. The summed E-state index contributed by atoms with van der Waals surface area (Å²) in [4.78, 5) is 35.3. The van der Waals surface area contributed by atoms with Gasteiger partial charge in [0.05, 0.1) is 13.2 Å². The maximum Gasteiger partial charge on any atom is 0.324 e. The van der Waals surface area contributed by atoms with Gasteiger partial charge in [0.25, 0.3) is 0 Å². The molecule has 1 saturated heterocycles. The van der Waals surface area contributed by atoms with Gasteiger partial charge in [-0.3, -0.25) is 19.8 Å². The molecule has 1 aliphatic rings. The van der Waals surface area contributed by atoms with Gasteiger partial charge < -0.3 is 15.8 Å². The van der Waals surface area contributed by atoms with E-state index in [1.165, 1.54) is 0 Å². The lowest BCUT2D eigenvalue weighted by molar-refractivity contribution is -0.150. The average molecular weight is 258 g/mol. The normalized spacial score (nSPS) is 20.2. The van der Waals surface area contributed by atoms with Gasteiger partial charge in [-0.25, -0.2) is 4.79 Å². The highest BCUT2D eigenvalue weighted by atomic mass is 16.5. The van der Waals surface area contributed by atoms with Gasteiger partial charge in [-0.15, -0.1) is 0 Å². The van der Waals surface area contributed by atoms with E-state index in [1.807, 2.05) is 5.32 Å². The van der Waals surface area contributed by atoms with E-state index in [0.717, 1.165) is 0 Å². The maximum absolute atomic E-state index is 11.7. The zero-order chi connectivity index (χ0) is 13.5. The minimum absolute atomic E-state index is 0.0614. The van der Waals surface area contributed by atoms with E-state index in [2.05, 4.69) is 5.32 Å². The van der Waals surface area contributed by atoms with E-state index in [4.69, 9.17) is 10.5 Å². The Morgan fingerprint density at radius 1 is 1.50 bits per heavy atom.